The van der Waals surface area contributed by atoms with Gasteiger partial charge in [0.25, 0.3) is 5.91 Å². The SMILES string of the molecule is CCON1CC2=C(C1=O)C(c1ccc(C)cc1C)NC(=O)N2C. The second-order valence-corrected chi connectivity index (χ2v) is 5.92. The van der Waals surface area contributed by atoms with Crippen LogP contribution in [0.5, 0.6) is 0 Å². The molecular weight excluding hydrogens is 294 g/mol. The third-order valence-corrected chi connectivity index (χ3v) is 4.35. The van der Waals surface area contributed by atoms with Crippen molar-refractivity contribution in [2.24, 2.45) is 0 Å². The van der Waals surface area contributed by atoms with Crippen LogP contribution >= 0.6 is 0 Å². The molecule has 1 aromatic carbocycles. The van der Waals surface area contributed by atoms with E-state index in [1.165, 1.54) is 9.96 Å². The maximum Gasteiger partial charge on any atom is 0.322 e. The van der Waals surface area contributed by atoms with Crippen molar-refractivity contribution >= 4 is 11.9 Å². The smallest absolute Gasteiger partial charge is 0.322 e. The molecule has 2 heterocycles. The van der Waals surface area contributed by atoms with Crippen LogP contribution in [0.3, 0.4) is 0 Å². The Morgan fingerprint density at radius 1 is 1.30 bits per heavy atom. The number of benzene rings is 1. The molecule has 0 radical (unpaired) electrons. The monoisotopic (exact) mass is 315 g/mol. The summed E-state index contributed by atoms with van der Waals surface area (Å²) in [4.78, 5) is 31.9. The maximum atomic E-state index is 12.7. The Bertz CT molecular complexity index is 711. The molecule has 3 rings (SSSR count). The first-order valence-corrected chi connectivity index (χ1v) is 7.73. The first-order valence-electron chi connectivity index (χ1n) is 7.73. The molecule has 0 fully saturated rings. The van der Waals surface area contributed by atoms with Crippen molar-refractivity contribution in [1.82, 2.24) is 15.3 Å². The summed E-state index contributed by atoms with van der Waals surface area (Å²) in [5.74, 6) is -0.182. The van der Waals surface area contributed by atoms with Crippen LogP contribution in [-0.2, 0) is 9.63 Å². The molecule has 2 aliphatic heterocycles. The summed E-state index contributed by atoms with van der Waals surface area (Å²) in [6, 6.07) is 5.38. The van der Waals surface area contributed by atoms with Crippen LogP contribution in [0.2, 0.25) is 0 Å². The number of nitrogens with zero attached hydrogens (tertiary/aromatic N) is 2. The molecule has 0 saturated carbocycles. The van der Waals surface area contributed by atoms with E-state index in [4.69, 9.17) is 4.84 Å². The van der Waals surface area contributed by atoms with Gasteiger partial charge in [-0.15, -0.1) is 0 Å². The highest BCUT2D eigenvalue weighted by Crippen LogP contribution is 2.36. The molecule has 6 nitrogen and oxygen atoms in total. The lowest BCUT2D eigenvalue weighted by molar-refractivity contribution is -0.174. The second kappa shape index (κ2) is 5.70. The lowest BCUT2D eigenvalue weighted by Gasteiger charge is -2.31. The van der Waals surface area contributed by atoms with Gasteiger partial charge in [-0.2, -0.15) is 0 Å². The fourth-order valence-electron chi connectivity index (χ4n) is 3.19. The van der Waals surface area contributed by atoms with E-state index < -0.39 is 6.04 Å². The molecule has 0 saturated heterocycles. The molecule has 1 unspecified atom stereocenters. The third kappa shape index (κ3) is 2.49. The molecule has 1 aromatic rings. The molecule has 6 heteroatoms. The molecule has 23 heavy (non-hydrogen) atoms. The van der Waals surface area contributed by atoms with E-state index in [-0.39, 0.29) is 11.9 Å². The number of urea groups is 1. The van der Waals surface area contributed by atoms with Gasteiger partial charge in [0.1, 0.15) is 0 Å². The van der Waals surface area contributed by atoms with Crippen molar-refractivity contribution in [2.45, 2.75) is 26.8 Å². The van der Waals surface area contributed by atoms with Gasteiger partial charge in [0.2, 0.25) is 0 Å². The fourth-order valence-corrected chi connectivity index (χ4v) is 3.19. The summed E-state index contributed by atoms with van der Waals surface area (Å²) < 4.78 is 0. The Morgan fingerprint density at radius 2 is 2.04 bits per heavy atom. The molecule has 0 bridgehead atoms. The highest BCUT2D eigenvalue weighted by Gasteiger charge is 2.43. The first-order chi connectivity index (χ1) is 10.9. The number of hydroxylamine groups is 2. The highest BCUT2D eigenvalue weighted by molar-refractivity contribution is 6.00. The van der Waals surface area contributed by atoms with Crippen LogP contribution in [0.25, 0.3) is 0 Å². The predicted molar refractivity (Wildman–Crippen MR) is 85.3 cm³/mol. The number of carbonyl (C=O) groups is 2. The third-order valence-electron chi connectivity index (χ3n) is 4.35. The van der Waals surface area contributed by atoms with Gasteiger partial charge in [0, 0.05) is 7.05 Å². The topological polar surface area (TPSA) is 61.9 Å². The average molecular weight is 315 g/mol. The molecule has 0 aromatic heterocycles. The summed E-state index contributed by atoms with van der Waals surface area (Å²) in [6.07, 6.45) is 0. The van der Waals surface area contributed by atoms with Crippen molar-refractivity contribution in [3.8, 4) is 0 Å². The van der Waals surface area contributed by atoms with Crippen LogP contribution < -0.4 is 5.32 Å². The zero-order chi connectivity index (χ0) is 16.7. The number of amides is 3. The van der Waals surface area contributed by atoms with Crippen LogP contribution in [0.4, 0.5) is 4.79 Å². The Balaban J connectivity index is 2.06. The lowest BCUT2D eigenvalue weighted by Crippen LogP contribution is -2.45. The van der Waals surface area contributed by atoms with Gasteiger partial charge in [0.15, 0.2) is 0 Å². The Labute approximate surface area is 135 Å². The van der Waals surface area contributed by atoms with Crippen molar-refractivity contribution in [3.05, 3.63) is 46.2 Å². The van der Waals surface area contributed by atoms with Gasteiger partial charge in [-0.25, -0.2) is 9.86 Å². The number of aryl methyl sites for hydroxylation is 2. The molecule has 1 atom stereocenters. The summed E-state index contributed by atoms with van der Waals surface area (Å²) in [6.45, 7) is 6.55. The zero-order valence-electron chi connectivity index (χ0n) is 13.8. The van der Waals surface area contributed by atoms with E-state index in [2.05, 4.69) is 11.4 Å². The second-order valence-electron chi connectivity index (χ2n) is 5.92. The van der Waals surface area contributed by atoms with E-state index in [0.29, 0.717) is 24.4 Å². The van der Waals surface area contributed by atoms with E-state index in [1.54, 1.807) is 7.05 Å². The molecule has 0 spiro atoms. The Morgan fingerprint density at radius 3 is 2.70 bits per heavy atom. The van der Waals surface area contributed by atoms with Gasteiger partial charge < -0.3 is 5.32 Å². The largest absolute Gasteiger partial charge is 0.326 e. The first kappa shape index (κ1) is 15.6. The molecule has 2 aliphatic rings. The lowest BCUT2D eigenvalue weighted by atomic mass is 9.92. The molecular formula is C17H21N3O3. The molecule has 0 aliphatic carbocycles. The summed E-state index contributed by atoms with van der Waals surface area (Å²) in [5.41, 5.74) is 4.43. The Hall–Kier alpha value is -2.34. The standard InChI is InChI=1S/C17H21N3O3/c1-5-23-20-9-13-14(16(20)21)15(18-17(22)19(13)4)12-7-6-10(2)8-11(12)3/h6-8,15H,5,9H2,1-4H3,(H,18,22). The number of hydrogen-bond acceptors (Lipinski definition) is 3. The number of likely N-dealkylation sites (N-methyl/N-ethyl adjacent to an activating group) is 1. The Kier molecular flexibility index (Phi) is 3.85. The van der Waals surface area contributed by atoms with Gasteiger partial charge in [-0.05, 0) is 31.9 Å². The summed E-state index contributed by atoms with van der Waals surface area (Å²) in [5, 5.41) is 4.26. The van der Waals surface area contributed by atoms with E-state index in [1.807, 2.05) is 32.9 Å². The number of rotatable bonds is 3. The quantitative estimate of drug-likeness (QED) is 0.928. The van der Waals surface area contributed by atoms with E-state index in [9.17, 15) is 9.59 Å². The van der Waals surface area contributed by atoms with Crippen LogP contribution in [0.15, 0.2) is 29.5 Å². The van der Waals surface area contributed by atoms with Gasteiger partial charge >= 0.3 is 6.03 Å². The minimum absolute atomic E-state index is 0.182. The number of carbonyl (C=O) groups excluding carboxylic acids is 2. The van der Waals surface area contributed by atoms with Gasteiger partial charge in [-0.1, -0.05) is 23.8 Å². The summed E-state index contributed by atoms with van der Waals surface area (Å²) >= 11 is 0. The van der Waals surface area contributed by atoms with Crippen molar-refractivity contribution in [1.29, 1.82) is 0 Å². The van der Waals surface area contributed by atoms with Crippen LogP contribution in [-0.4, -0.2) is 42.1 Å². The minimum Gasteiger partial charge on any atom is -0.326 e. The molecule has 3 amide bonds. The van der Waals surface area contributed by atoms with Crippen LogP contribution in [0, 0.1) is 13.8 Å². The summed E-state index contributed by atoms with van der Waals surface area (Å²) in [7, 11) is 1.67. The van der Waals surface area contributed by atoms with E-state index >= 15 is 0 Å². The number of nitrogens with one attached hydrogen (secondary N) is 1. The molecule has 1 N–H and O–H groups in total. The number of hydrogen-bond donors (Lipinski definition) is 1. The van der Waals surface area contributed by atoms with Crippen LogP contribution in [0.1, 0.15) is 29.7 Å². The minimum atomic E-state index is -0.438. The maximum absolute atomic E-state index is 12.7. The van der Waals surface area contributed by atoms with Gasteiger partial charge in [-0.3, -0.25) is 14.5 Å². The van der Waals surface area contributed by atoms with Gasteiger partial charge in [0.05, 0.1) is 30.5 Å². The fraction of sp³-hybridized carbons (Fsp3) is 0.412. The van der Waals surface area contributed by atoms with Crippen molar-refractivity contribution in [2.75, 3.05) is 20.2 Å². The average Bonchev–Trinajstić information content (AvgIpc) is 2.82. The zero-order valence-corrected chi connectivity index (χ0v) is 13.8. The predicted octanol–water partition coefficient (Wildman–Crippen LogP) is 2.05. The van der Waals surface area contributed by atoms with E-state index in [0.717, 1.165) is 16.7 Å². The van der Waals surface area contributed by atoms with Crippen molar-refractivity contribution < 1.29 is 14.4 Å². The highest BCUT2D eigenvalue weighted by atomic mass is 16.7. The van der Waals surface area contributed by atoms with Crippen molar-refractivity contribution in [3.63, 3.8) is 0 Å². The normalized spacial score (nSPS) is 21.0. The molecule has 122 valence electrons.